The number of furan rings is 1. The molecule has 0 saturated heterocycles. The van der Waals surface area contributed by atoms with E-state index in [2.05, 4.69) is 5.32 Å². The molecule has 0 bridgehead atoms. The molecular formula is C13H11N3O3. The lowest BCUT2D eigenvalue weighted by atomic mass is 10.1. The van der Waals surface area contributed by atoms with Gasteiger partial charge in [-0.1, -0.05) is 0 Å². The smallest absolute Gasteiger partial charge is 0.287 e. The summed E-state index contributed by atoms with van der Waals surface area (Å²) in [4.78, 5) is 10.1. The number of rotatable bonds is 5. The van der Waals surface area contributed by atoms with Crippen LogP contribution in [0.4, 0.5) is 11.4 Å². The van der Waals surface area contributed by atoms with E-state index in [1.807, 2.05) is 18.2 Å². The average molecular weight is 257 g/mol. The Morgan fingerprint density at radius 3 is 2.89 bits per heavy atom. The molecule has 0 aliphatic heterocycles. The predicted molar refractivity (Wildman–Crippen MR) is 68.7 cm³/mol. The van der Waals surface area contributed by atoms with Crippen molar-refractivity contribution in [2.45, 2.75) is 6.42 Å². The van der Waals surface area contributed by atoms with Crippen LogP contribution in [0.25, 0.3) is 0 Å². The van der Waals surface area contributed by atoms with Gasteiger partial charge in [0.2, 0.25) is 0 Å². The topological polar surface area (TPSA) is 92.1 Å². The summed E-state index contributed by atoms with van der Waals surface area (Å²) < 4.78 is 5.19. The molecule has 0 saturated carbocycles. The van der Waals surface area contributed by atoms with E-state index in [4.69, 9.17) is 9.68 Å². The molecule has 0 fully saturated rings. The van der Waals surface area contributed by atoms with Crippen molar-refractivity contribution in [2.75, 3.05) is 11.9 Å². The fourth-order valence-electron chi connectivity index (χ4n) is 1.68. The van der Waals surface area contributed by atoms with Gasteiger partial charge in [-0.05, 0) is 24.3 Å². The summed E-state index contributed by atoms with van der Waals surface area (Å²) in [5, 5.41) is 22.6. The number of benzene rings is 1. The van der Waals surface area contributed by atoms with E-state index >= 15 is 0 Å². The molecule has 96 valence electrons. The van der Waals surface area contributed by atoms with Crippen LogP contribution in [0.2, 0.25) is 0 Å². The molecule has 0 spiro atoms. The maximum absolute atomic E-state index is 10.7. The molecule has 0 aliphatic rings. The van der Waals surface area contributed by atoms with Crippen LogP contribution >= 0.6 is 0 Å². The van der Waals surface area contributed by atoms with E-state index in [0.717, 1.165) is 5.76 Å². The maximum Gasteiger partial charge on any atom is 0.287 e. The Morgan fingerprint density at radius 1 is 1.42 bits per heavy atom. The summed E-state index contributed by atoms with van der Waals surface area (Å²) in [6.45, 7) is 0.621. The Balaban J connectivity index is 2.01. The zero-order valence-electron chi connectivity index (χ0n) is 10.00. The largest absolute Gasteiger partial charge is 0.469 e. The van der Waals surface area contributed by atoms with Gasteiger partial charge in [-0.3, -0.25) is 10.1 Å². The molecular weight excluding hydrogens is 246 g/mol. The van der Waals surface area contributed by atoms with E-state index in [9.17, 15) is 10.1 Å². The number of nitro benzene ring substituents is 1. The second kappa shape index (κ2) is 5.69. The Hall–Kier alpha value is -2.81. The van der Waals surface area contributed by atoms with Gasteiger partial charge in [-0.25, -0.2) is 0 Å². The third-order valence-corrected chi connectivity index (χ3v) is 2.59. The molecule has 0 unspecified atom stereocenters. The van der Waals surface area contributed by atoms with Gasteiger partial charge in [0.25, 0.3) is 5.69 Å². The molecule has 0 amide bonds. The summed E-state index contributed by atoms with van der Waals surface area (Å²) in [6.07, 6.45) is 2.31. The van der Waals surface area contributed by atoms with Crippen molar-refractivity contribution >= 4 is 11.4 Å². The molecule has 6 heteroatoms. The highest BCUT2D eigenvalue weighted by Gasteiger charge is 2.13. The number of nitro groups is 1. The number of nitrogens with zero attached hydrogens (tertiary/aromatic N) is 2. The molecule has 0 atom stereocenters. The van der Waals surface area contributed by atoms with Crippen molar-refractivity contribution < 1.29 is 9.34 Å². The van der Waals surface area contributed by atoms with Gasteiger partial charge in [-0.15, -0.1) is 0 Å². The fraction of sp³-hybridized carbons (Fsp3) is 0.154. The summed E-state index contributed by atoms with van der Waals surface area (Å²) in [5.41, 5.74) is 0.542. The van der Waals surface area contributed by atoms with Crippen molar-refractivity contribution in [1.82, 2.24) is 0 Å². The standard InChI is InChI=1S/C13H11N3O3/c14-9-10-8-11(3-4-13(10)16(17)18)15-6-5-12-2-1-7-19-12/h1-4,7-8,15H,5-6H2. The molecule has 1 aromatic carbocycles. The van der Waals surface area contributed by atoms with Gasteiger partial charge in [0.05, 0.1) is 11.2 Å². The highest BCUT2D eigenvalue weighted by molar-refractivity contribution is 5.58. The van der Waals surface area contributed by atoms with E-state index in [1.165, 1.54) is 12.1 Å². The van der Waals surface area contributed by atoms with E-state index in [1.54, 1.807) is 12.3 Å². The Kier molecular flexibility index (Phi) is 3.78. The van der Waals surface area contributed by atoms with Crippen molar-refractivity contribution in [1.29, 1.82) is 5.26 Å². The quantitative estimate of drug-likeness (QED) is 0.656. The molecule has 0 radical (unpaired) electrons. The lowest BCUT2D eigenvalue weighted by molar-refractivity contribution is -0.385. The lowest BCUT2D eigenvalue weighted by Gasteiger charge is -2.05. The minimum Gasteiger partial charge on any atom is -0.469 e. The van der Waals surface area contributed by atoms with Crippen molar-refractivity contribution in [3.05, 3.63) is 58.0 Å². The number of hydrogen-bond donors (Lipinski definition) is 1. The second-order valence-electron chi connectivity index (χ2n) is 3.86. The summed E-state index contributed by atoms with van der Waals surface area (Å²) in [6, 6.07) is 9.89. The number of hydrogen-bond acceptors (Lipinski definition) is 5. The molecule has 1 heterocycles. The van der Waals surface area contributed by atoms with Gasteiger partial charge in [0.15, 0.2) is 0 Å². The van der Waals surface area contributed by atoms with Crippen LogP contribution in [0, 0.1) is 21.4 Å². The van der Waals surface area contributed by atoms with Crippen LogP contribution in [-0.2, 0) is 6.42 Å². The lowest BCUT2D eigenvalue weighted by Crippen LogP contribution is -2.04. The van der Waals surface area contributed by atoms with Crippen LogP contribution in [0.1, 0.15) is 11.3 Å². The first-order chi connectivity index (χ1) is 9.20. The number of nitriles is 1. The Bertz CT molecular complexity index is 615. The van der Waals surface area contributed by atoms with Crippen LogP contribution < -0.4 is 5.32 Å². The van der Waals surface area contributed by atoms with Crippen LogP contribution in [0.3, 0.4) is 0 Å². The van der Waals surface area contributed by atoms with Crippen LogP contribution in [0.5, 0.6) is 0 Å². The SMILES string of the molecule is N#Cc1cc(NCCc2ccco2)ccc1[N+](=O)[O-]. The first kappa shape index (κ1) is 12.6. The van der Waals surface area contributed by atoms with Gasteiger partial charge in [0.1, 0.15) is 17.4 Å². The first-order valence-corrected chi connectivity index (χ1v) is 5.65. The molecule has 19 heavy (non-hydrogen) atoms. The molecule has 1 aromatic heterocycles. The first-order valence-electron chi connectivity index (χ1n) is 5.65. The predicted octanol–water partition coefficient (Wildman–Crippen LogP) is 2.71. The van der Waals surface area contributed by atoms with Gasteiger partial charge in [-0.2, -0.15) is 5.26 Å². The fourth-order valence-corrected chi connectivity index (χ4v) is 1.68. The molecule has 6 nitrogen and oxygen atoms in total. The van der Waals surface area contributed by atoms with Crippen molar-refractivity contribution in [2.24, 2.45) is 0 Å². The third kappa shape index (κ3) is 3.10. The zero-order valence-corrected chi connectivity index (χ0v) is 10.00. The highest BCUT2D eigenvalue weighted by Crippen LogP contribution is 2.21. The summed E-state index contributed by atoms with van der Waals surface area (Å²) >= 11 is 0. The molecule has 2 rings (SSSR count). The maximum atomic E-state index is 10.7. The number of anilines is 1. The van der Waals surface area contributed by atoms with Crippen LogP contribution in [0.15, 0.2) is 41.0 Å². The molecule has 1 N–H and O–H groups in total. The van der Waals surface area contributed by atoms with Gasteiger partial charge < -0.3 is 9.73 Å². The minimum atomic E-state index is -0.564. The molecule has 0 aliphatic carbocycles. The van der Waals surface area contributed by atoms with Gasteiger partial charge >= 0.3 is 0 Å². The minimum absolute atomic E-state index is 0.0491. The monoisotopic (exact) mass is 257 g/mol. The average Bonchev–Trinajstić information content (AvgIpc) is 2.91. The van der Waals surface area contributed by atoms with E-state index in [0.29, 0.717) is 18.7 Å². The summed E-state index contributed by atoms with van der Waals surface area (Å²) in [5.74, 6) is 0.856. The summed E-state index contributed by atoms with van der Waals surface area (Å²) in [7, 11) is 0. The van der Waals surface area contributed by atoms with E-state index < -0.39 is 4.92 Å². The molecule has 2 aromatic rings. The normalized spacial score (nSPS) is 9.84. The van der Waals surface area contributed by atoms with Crippen molar-refractivity contribution in [3.8, 4) is 6.07 Å². The number of nitrogens with one attached hydrogen (secondary N) is 1. The Morgan fingerprint density at radius 2 is 2.26 bits per heavy atom. The van der Waals surface area contributed by atoms with E-state index in [-0.39, 0.29) is 11.3 Å². The van der Waals surface area contributed by atoms with Crippen LogP contribution in [-0.4, -0.2) is 11.5 Å². The van der Waals surface area contributed by atoms with Crippen molar-refractivity contribution in [3.63, 3.8) is 0 Å². The Labute approximate surface area is 109 Å². The highest BCUT2D eigenvalue weighted by atomic mass is 16.6. The zero-order chi connectivity index (χ0) is 13.7. The van der Waals surface area contributed by atoms with Gasteiger partial charge in [0, 0.05) is 24.7 Å². The third-order valence-electron chi connectivity index (χ3n) is 2.59. The second-order valence-corrected chi connectivity index (χ2v) is 3.86.